The Kier molecular flexibility index (Phi) is 9.08. The Morgan fingerprint density at radius 3 is 2.56 bits per heavy atom. The summed E-state index contributed by atoms with van der Waals surface area (Å²) in [5.74, 6) is 1.63. The summed E-state index contributed by atoms with van der Waals surface area (Å²) in [7, 11) is 4.00. The molecule has 0 fully saturated rings. The predicted molar refractivity (Wildman–Crippen MR) is 136 cm³/mol. The van der Waals surface area contributed by atoms with Gasteiger partial charge in [0.05, 0.1) is 11.4 Å². The van der Waals surface area contributed by atoms with Gasteiger partial charge in [-0.15, -0.1) is 0 Å². The van der Waals surface area contributed by atoms with Gasteiger partial charge in [0, 0.05) is 44.3 Å². The first-order chi connectivity index (χ1) is 15.1. The Balaban J connectivity index is 2.56. The van der Waals surface area contributed by atoms with Gasteiger partial charge in [-0.3, -0.25) is 9.79 Å². The van der Waals surface area contributed by atoms with Crippen molar-refractivity contribution in [2.45, 2.75) is 53.4 Å². The Hall–Kier alpha value is -2.60. The smallest absolute Gasteiger partial charge is 0.262 e. The van der Waals surface area contributed by atoms with Gasteiger partial charge in [-0.1, -0.05) is 38.5 Å². The monoisotopic (exact) mass is 439 g/mol. The molecule has 1 heterocycles. The van der Waals surface area contributed by atoms with Gasteiger partial charge >= 0.3 is 0 Å². The molecule has 0 aliphatic carbocycles. The third-order valence-corrected chi connectivity index (χ3v) is 5.97. The highest BCUT2D eigenvalue weighted by atomic mass is 16.2. The van der Waals surface area contributed by atoms with E-state index in [1.165, 1.54) is 5.56 Å². The van der Waals surface area contributed by atoms with Crippen LogP contribution < -0.4 is 15.5 Å². The number of likely N-dealkylation sites (N-methyl/N-ethyl adjacent to an activating group) is 2. The number of amides is 1. The van der Waals surface area contributed by atoms with Crippen LogP contribution in [0.3, 0.4) is 0 Å². The lowest BCUT2D eigenvalue weighted by Crippen LogP contribution is -2.35. The molecule has 0 atom stereocenters. The van der Waals surface area contributed by atoms with Gasteiger partial charge in [-0.05, 0) is 58.0 Å². The summed E-state index contributed by atoms with van der Waals surface area (Å²) in [5.41, 5.74) is 3.95. The number of benzene rings is 1. The summed E-state index contributed by atoms with van der Waals surface area (Å²) in [4.78, 5) is 22.4. The van der Waals surface area contributed by atoms with E-state index in [1.807, 2.05) is 45.0 Å². The van der Waals surface area contributed by atoms with Crippen LogP contribution in [0, 0.1) is 0 Å². The normalized spacial score (nSPS) is 16.6. The molecule has 0 bridgehead atoms. The summed E-state index contributed by atoms with van der Waals surface area (Å²) >= 11 is 0. The van der Waals surface area contributed by atoms with Crippen LogP contribution in [0.25, 0.3) is 0 Å². The minimum absolute atomic E-state index is 0.0116. The van der Waals surface area contributed by atoms with Crippen LogP contribution in [0.2, 0.25) is 0 Å². The average molecular weight is 440 g/mol. The molecule has 32 heavy (non-hydrogen) atoms. The van der Waals surface area contributed by atoms with E-state index in [1.54, 1.807) is 0 Å². The number of amidine groups is 1. The van der Waals surface area contributed by atoms with E-state index in [2.05, 4.69) is 66.4 Å². The average Bonchev–Trinajstić information content (AvgIpc) is 2.86. The first kappa shape index (κ1) is 25.7. The van der Waals surface area contributed by atoms with Crippen molar-refractivity contribution in [3.05, 3.63) is 52.9 Å². The van der Waals surface area contributed by atoms with Crippen molar-refractivity contribution in [1.29, 1.82) is 0 Å². The molecule has 1 aromatic carbocycles. The molecule has 1 amide bonds. The number of hydrogen-bond donors (Lipinski definition) is 2. The first-order valence-electron chi connectivity index (χ1n) is 11.6. The number of aliphatic imine (C=N–C) groups is 1. The van der Waals surface area contributed by atoms with Crippen molar-refractivity contribution >= 4 is 17.4 Å². The molecule has 176 valence electrons. The van der Waals surface area contributed by atoms with Gasteiger partial charge in [-0.2, -0.15) is 0 Å². The van der Waals surface area contributed by atoms with Crippen LogP contribution >= 0.6 is 0 Å². The van der Waals surface area contributed by atoms with Crippen molar-refractivity contribution in [2.75, 3.05) is 45.2 Å². The minimum atomic E-state index is -0.0335. The zero-order valence-electron chi connectivity index (χ0n) is 21.2. The lowest BCUT2D eigenvalue weighted by Gasteiger charge is -2.28. The van der Waals surface area contributed by atoms with E-state index in [9.17, 15) is 4.79 Å². The van der Waals surface area contributed by atoms with E-state index >= 15 is 0 Å². The molecule has 6 heteroatoms. The molecule has 6 nitrogen and oxygen atoms in total. The number of rotatable bonds is 8. The summed E-state index contributed by atoms with van der Waals surface area (Å²) in [6.07, 6.45) is 2.91. The van der Waals surface area contributed by atoms with Gasteiger partial charge < -0.3 is 20.4 Å². The second-order valence-electron chi connectivity index (χ2n) is 9.13. The zero-order chi connectivity index (χ0) is 23.9. The molecule has 2 N–H and O–H groups in total. The van der Waals surface area contributed by atoms with E-state index in [0.717, 1.165) is 42.4 Å². The van der Waals surface area contributed by atoms with Gasteiger partial charge in [0.25, 0.3) is 5.91 Å². The third-order valence-electron chi connectivity index (χ3n) is 5.97. The maximum atomic E-state index is 13.9. The van der Waals surface area contributed by atoms with Crippen molar-refractivity contribution < 1.29 is 4.79 Å². The van der Waals surface area contributed by atoms with Crippen molar-refractivity contribution in [2.24, 2.45) is 4.99 Å². The number of carbonyl (C=O) groups is 1. The molecule has 0 spiro atoms. The minimum Gasteiger partial charge on any atom is -0.359 e. The molecule has 1 aliphatic heterocycles. The van der Waals surface area contributed by atoms with Gasteiger partial charge in [0.1, 0.15) is 5.82 Å². The van der Waals surface area contributed by atoms with Crippen molar-refractivity contribution in [3.63, 3.8) is 0 Å². The number of allylic oxidation sites excluding steroid dienone is 1. The molecular formula is C26H41N5O. The molecule has 0 aromatic heterocycles. The first-order valence-corrected chi connectivity index (χ1v) is 11.6. The fraction of sp³-hybridized carbons (Fsp3) is 0.538. The Bertz CT molecular complexity index is 897. The van der Waals surface area contributed by atoms with Crippen LogP contribution in [-0.2, 0) is 10.2 Å². The molecule has 0 radical (unpaired) electrons. The Morgan fingerprint density at radius 1 is 1.22 bits per heavy atom. The van der Waals surface area contributed by atoms with Crippen LogP contribution in [0.4, 0.5) is 5.69 Å². The summed E-state index contributed by atoms with van der Waals surface area (Å²) in [6, 6.07) is 8.39. The Labute approximate surface area is 194 Å². The zero-order valence-corrected chi connectivity index (χ0v) is 21.2. The highest BCUT2D eigenvalue weighted by Crippen LogP contribution is 2.29. The maximum absolute atomic E-state index is 13.9. The van der Waals surface area contributed by atoms with E-state index < -0.39 is 0 Å². The van der Waals surface area contributed by atoms with E-state index in [-0.39, 0.29) is 11.3 Å². The number of carbonyl (C=O) groups excluding carboxylic acids is 1. The lowest BCUT2D eigenvalue weighted by molar-refractivity contribution is -0.114. The predicted octanol–water partition coefficient (Wildman–Crippen LogP) is 4.06. The second-order valence-corrected chi connectivity index (χ2v) is 9.13. The maximum Gasteiger partial charge on any atom is 0.262 e. The summed E-state index contributed by atoms with van der Waals surface area (Å²) in [6.45, 7) is 15.5. The number of nitrogens with zero attached hydrogens (tertiary/aromatic N) is 3. The van der Waals surface area contributed by atoms with Crippen LogP contribution in [-0.4, -0.2) is 56.9 Å². The quantitative estimate of drug-likeness (QED) is 0.474. The topological polar surface area (TPSA) is 60.0 Å². The molecule has 1 aromatic rings. The second kappa shape index (κ2) is 11.3. The molecule has 0 unspecified atom stereocenters. The van der Waals surface area contributed by atoms with Gasteiger partial charge in [0.2, 0.25) is 0 Å². The number of nitrogens with one attached hydrogen (secondary N) is 2. The van der Waals surface area contributed by atoms with Crippen LogP contribution in [0.5, 0.6) is 0 Å². The molecular weight excluding hydrogens is 398 g/mol. The molecule has 0 saturated heterocycles. The van der Waals surface area contributed by atoms with E-state index in [0.29, 0.717) is 18.7 Å². The van der Waals surface area contributed by atoms with Crippen molar-refractivity contribution in [1.82, 2.24) is 15.5 Å². The van der Waals surface area contributed by atoms with Gasteiger partial charge in [-0.25, -0.2) is 0 Å². The highest BCUT2D eigenvalue weighted by molar-refractivity contribution is 6.08. The fourth-order valence-corrected chi connectivity index (χ4v) is 3.89. The van der Waals surface area contributed by atoms with Crippen LogP contribution in [0.1, 0.15) is 53.5 Å². The molecule has 2 rings (SSSR count). The number of anilines is 1. The summed E-state index contributed by atoms with van der Waals surface area (Å²) < 4.78 is 0. The Morgan fingerprint density at radius 2 is 1.94 bits per heavy atom. The lowest BCUT2D eigenvalue weighted by atomic mass is 9.84. The largest absolute Gasteiger partial charge is 0.359 e. The molecule has 1 aliphatic rings. The fourth-order valence-electron chi connectivity index (χ4n) is 3.89. The third kappa shape index (κ3) is 6.22. The van der Waals surface area contributed by atoms with Crippen LogP contribution in [0.15, 0.2) is 52.3 Å². The van der Waals surface area contributed by atoms with E-state index in [4.69, 9.17) is 0 Å². The number of hydrogen-bond acceptors (Lipinski definition) is 4. The van der Waals surface area contributed by atoms with Gasteiger partial charge in [0.15, 0.2) is 0 Å². The highest BCUT2D eigenvalue weighted by Gasteiger charge is 2.29. The SMILES string of the molecule is CCN=C(C)NC1=C(/C=C(/C)CC)C(=O)N(c2cccc(C(C)(C)CNC)c2)CCN1C. The standard InChI is InChI=1S/C26H41N5O/c1-9-19(3)16-23-24(29-20(4)28-10-2)30(8)14-15-31(25(23)32)22-13-11-12-21(17-22)26(5,6)18-27-7/h11-13,16-17,27H,9-10,14-15,18H2,1-8H3,(H,28,29)/b19-16-. The summed E-state index contributed by atoms with van der Waals surface area (Å²) in [5, 5.41) is 6.68. The molecule has 0 saturated carbocycles. The van der Waals surface area contributed by atoms with Crippen molar-refractivity contribution in [3.8, 4) is 0 Å².